The Balaban J connectivity index is 1.65. The van der Waals surface area contributed by atoms with Crippen LogP contribution in [0.15, 0.2) is 33.5 Å². The number of hydrogen-bond acceptors (Lipinski definition) is 4. The Labute approximate surface area is 138 Å². The van der Waals surface area contributed by atoms with Crippen molar-refractivity contribution in [3.63, 3.8) is 0 Å². The number of likely N-dealkylation sites (tertiary alicyclic amines) is 1. The molecule has 2 aromatic rings. The molecule has 2 aliphatic heterocycles. The number of nitrogens with zero attached hydrogens (tertiary/aromatic N) is 2. The monoisotopic (exact) mass is 329 g/mol. The molecular formula is C17H19N3O4. The molecule has 3 heterocycles. The lowest BCUT2D eigenvalue weighted by Crippen LogP contribution is -2.60. The van der Waals surface area contributed by atoms with Gasteiger partial charge < -0.3 is 14.6 Å². The third kappa shape index (κ3) is 2.15. The van der Waals surface area contributed by atoms with E-state index < -0.39 is 11.3 Å². The molecule has 4 rings (SSSR count). The zero-order valence-electron chi connectivity index (χ0n) is 13.3. The van der Waals surface area contributed by atoms with Crippen molar-refractivity contribution in [1.29, 1.82) is 0 Å². The molecule has 2 saturated heterocycles. The van der Waals surface area contributed by atoms with Gasteiger partial charge in [-0.05, 0) is 37.8 Å². The van der Waals surface area contributed by atoms with Crippen LogP contribution < -0.4 is 11.1 Å². The van der Waals surface area contributed by atoms with E-state index >= 15 is 0 Å². The Kier molecular flexibility index (Phi) is 3.44. The Hall–Kier alpha value is -2.57. The van der Waals surface area contributed by atoms with E-state index in [0.29, 0.717) is 37.0 Å². The molecule has 126 valence electrons. The van der Waals surface area contributed by atoms with Gasteiger partial charge >= 0.3 is 5.76 Å². The Bertz CT molecular complexity index is 868. The highest BCUT2D eigenvalue weighted by Crippen LogP contribution is 2.36. The topological polar surface area (TPSA) is 84.6 Å². The van der Waals surface area contributed by atoms with E-state index in [0.717, 1.165) is 12.8 Å². The molecule has 7 heteroatoms. The molecule has 1 atom stereocenters. The maximum absolute atomic E-state index is 12.9. The maximum Gasteiger partial charge on any atom is 0.420 e. The van der Waals surface area contributed by atoms with Gasteiger partial charge in [-0.15, -0.1) is 0 Å². The summed E-state index contributed by atoms with van der Waals surface area (Å²) in [6, 6.07) is 7.02. The fourth-order valence-electron chi connectivity index (χ4n) is 3.98. The summed E-state index contributed by atoms with van der Waals surface area (Å²) in [4.78, 5) is 39.0. The maximum atomic E-state index is 12.9. The van der Waals surface area contributed by atoms with Crippen molar-refractivity contribution in [2.75, 3.05) is 13.1 Å². The molecule has 7 nitrogen and oxygen atoms in total. The number of rotatable bonds is 2. The average Bonchev–Trinajstić information content (AvgIpc) is 3.13. The average molecular weight is 329 g/mol. The zero-order valence-corrected chi connectivity index (χ0v) is 13.3. The van der Waals surface area contributed by atoms with Gasteiger partial charge in [0.05, 0.1) is 5.52 Å². The molecular weight excluding hydrogens is 310 g/mol. The molecule has 1 N–H and O–H groups in total. The van der Waals surface area contributed by atoms with Gasteiger partial charge in [-0.1, -0.05) is 12.1 Å². The first-order chi connectivity index (χ1) is 11.6. The molecule has 1 aromatic heterocycles. The number of oxazole rings is 1. The van der Waals surface area contributed by atoms with Crippen LogP contribution >= 0.6 is 0 Å². The number of hydrogen-bond donors (Lipinski definition) is 1. The van der Waals surface area contributed by atoms with Crippen molar-refractivity contribution < 1.29 is 14.0 Å². The molecule has 0 saturated carbocycles. The Morgan fingerprint density at radius 1 is 1.21 bits per heavy atom. The molecule has 2 amide bonds. The van der Waals surface area contributed by atoms with Crippen LogP contribution in [-0.4, -0.2) is 39.9 Å². The molecule has 0 bridgehead atoms. The van der Waals surface area contributed by atoms with E-state index in [1.165, 1.54) is 4.57 Å². The van der Waals surface area contributed by atoms with Crippen molar-refractivity contribution in [1.82, 2.24) is 14.8 Å². The number of benzene rings is 1. The van der Waals surface area contributed by atoms with Crippen LogP contribution in [0.2, 0.25) is 0 Å². The molecule has 1 unspecified atom stereocenters. The fraction of sp³-hybridized carbons (Fsp3) is 0.471. The number of carbonyl (C=O) groups is 2. The SMILES string of the molecule is O=C(Cn1c(=O)oc2ccccc21)N1CCCC12CCCNC2=O. The van der Waals surface area contributed by atoms with E-state index in [2.05, 4.69) is 5.32 Å². The summed E-state index contributed by atoms with van der Waals surface area (Å²) in [6.45, 7) is 1.11. The van der Waals surface area contributed by atoms with Gasteiger partial charge in [-0.3, -0.25) is 14.2 Å². The lowest BCUT2D eigenvalue weighted by Gasteiger charge is -2.40. The largest absolute Gasteiger partial charge is 0.420 e. The lowest BCUT2D eigenvalue weighted by molar-refractivity contribution is -0.147. The minimum absolute atomic E-state index is 0.0657. The van der Waals surface area contributed by atoms with E-state index in [1.54, 1.807) is 29.2 Å². The smallest absolute Gasteiger partial charge is 0.408 e. The minimum Gasteiger partial charge on any atom is -0.408 e. The Morgan fingerprint density at radius 3 is 2.83 bits per heavy atom. The summed E-state index contributed by atoms with van der Waals surface area (Å²) < 4.78 is 6.52. The molecule has 0 radical (unpaired) electrons. The summed E-state index contributed by atoms with van der Waals surface area (Å²) in [5, 5.41) is 2.88. The highest BCUT2D eigenvalue weighted by molar-refractivity contribution is 5.93. The van der Waals surface area contributed by atoms with Gasteiger partial charge in [0.2, 0.25) is 11.8 Å². The predicted molar refractivity (Wildman–Crippen MR) is 86.4 cm³/mol. The van der Waals surface area contributed by atoms with E-state index in [-0.39, 0.29) is 18.4 Å². The van der Waals surface area contributed by atoms with Gasteiger partial charge in [-0.2, -0.15) is 0 Å². The zero-order chi connectivity index (χ0) is 16.7. The van der Waals surface area contributed by atoms with Gasteiger partial charge in [0.1, 0.15) is 12.1 Å². The first kappa shape index (κ1) is 15.0. The standard InChI is InChI=1S/C17H19N3O4/c21-14(11-19-12-5-1-2-6-13(12)24-16(19)23)20-10-4-8-17(20)7-3-9-18-15(17)22/h1-2,5-6H,3-4,7-11H2,(H,18,22). The summed E-state index contributed by atoms with van der Waals surface area (Å²) >= 11 is 0. The van der Waals surface area contributed by atoms with E-state index in [9.17, 15) is 14.4 Å². The number of carbonyl (C=O) groups excluding carboxylic acids is 2. The molecule has 0 aliphatic carbocycles. The molecule has 2 aliphatic rings. The molecule has 1 spiro atoms. The minimum atomic E-state index is -0.738. The fourth-order valence-corrected chi connectivity index (χ4v) is 3.98. The van der Waals surface area contributed by atoms with Crippen molar-refractivity contribution in [2.45, 2.75) is 37.8 Å². The van der Waals surface area contributed by atoms with Gasteiger partial charge in [0, 0.05) is 13.1 Å². The van der Waals surface area contributed by atoms with E-state index in [1.807, 2.05) is 0 Å². The second kappa shape index (κ2) is 5.51. The highest BCUT2D eigenvalue weighted by Gasteiger charge is 2.50. The number of para-hydroxylation sites is 2. The summed E-state index contributed by atoms with van der Waals surface area (Å²) in [5.74, 6) is -0.826. The highest BCUT2D eigenvalue weighted by atomic mass is 16.4. The summed E-state index contributed by atoms with van der Waals surface area (Å²) in [7, 11) is 0. The predicted octanol–water partition coefficient (Wildman–Crippen LogP) is 0.866. The van der Waals surface area contributed by atoms with Crippen LogP contribution in [0.5, 0.6) is 0 Å². The third-order valence-electron chi connectivity index (χ3n) is 5.13. The van der Waals surface area contributed by atoms with Crippen LogP contribution in [0.1, 0.15) is 25.7 Å². The van der Waals surface area contributed by atoms with Crippen molar-refractivity contribution >= 4 is 22.9 Å². The number of aromatic nitrogens is 1. The normalized spacial score (nSPS) is 23.8. The number of piperidine rings is 1. The first-order valence-electron chi connectivity index (χ1n) is 8.29. The molecule has 24 heavy (non-hydrogen) atoms. The van der Waals surface area contributed by atoms with Crippen molar-refractivity contribution in [2.24, 2.45) is 0 Å². The lowest BCUT2D eigenvalue weighted by atomic mass is 9.86. The molecule has 1 aromatic carbocycles. The number of nitrogens with one attached hydrogen (secondary N) is 1. The van der Waals surface area contributed by atoms with Gasteiger partial charge in [0.15, 0.2) is 5.58 Å². The van der Waals surface area contributed by atoms with Crippen LogP contribution in [-0.2, 0) is 16.1 Å². The van der Waals surface area contributed by atoms with Crippen LogP contribution in [0.25, 0.3) is 11.1 Å². The van der Waals surface area contributed by atoms with Crippen molar-refractivity contribution in [3.8, 4) is 0 Å². The van der Waals surface area contributed by atoms with Crippen LogP contribution in [0.3, 0.4) is 0 Å². The van der Waals surface area contributed by atoms with Crippen LogP contribution in [0, 0.1) is 0 Å². The summed E-state index contributed by atoms with van der Waals surface area (Å²) in [6.07, 6.45) is 3.04. The van der Waals surface area contributed by atoms with E-state index in [4.69, 9.17) is 4.42 Å². The molecule has 2 fully saturated rings. The summed E-state index contributed by atoms with van der Waals surface area (Å²) in [5.41, 5.74) is 0.317. The van der Waals surface area contributed by atoms with Gasteiger partial charge in [0.25, 0.3) is 0 Å². The second-order valence-electron chi connectivity index (χ2n) is 6.46. The van der Waals surface area contributed by atoms with Crippen LogP contribution in [0.4, 0.5) is 0 Å². The third-order valence-corrected chi connectivity index (χ3v) is 5.13. The quantitative estimate of drug-likeness (QED) is 0.886. The number of fused-ring (bicyclic) bond motifs is 1. The Morgan fingerprint density at radius 2 is 2.00 bits per heavy atom. The number of amides is 2. The second-order valence-corrected chi connectivity index (χ2v) is 6.46. The van der Waals surface area contributed by atoms with Crippen molar-refractivity contribution in [3.05, 3.63) is 34.8 Å². The first-order valence-corrected chi connectivity index (χ1v) is 8.29. The van der Waals surface area contributed by atoms with Gasteiger partial charge in [-0.25, -0.2) is 4.79 Å².